The highest BCUT2D eigenvalue weighted by Gasteiger charge is 2.33. The van der Waals surface area contributed by atoms with E-state index in [2.05, 4.69) is 25.4 Å². The fourth-order valence-electron chi connectivity index (χ4n) is 6.10. The first-order chi connectivity index (χ1) is 21.4. The number of aliphatic hydroxyl groups excluding tert-OH is 1. The minimum atomic E-state index is -0.509. The number of amides is 2. The number of benzene rings is 2. The fourth-order valence-corrected chi connectivity index (χ4v) is 6.10. The maximum Gasteiger partial charge on any atom is 0.261 e. The Labute approximate surface area is 252 Å². The number of aliphatic hydroxyl groups is 1. The van der Waals surface area contributed by atoms with E-state index >= 15 is 4.39 Å². The largest absolute Gasteiger partial charge is 0.392 e. The number of nitrogens with one attached hydrogen (secondary N) is 1. The smallest absolute Gasteiger partial charge is 0.261 e. The number of hydrogen-bond donors (Lipinski definition) is 3. The Morgan fingerprint density at radius 2 is 1.93 bits per heavy atom. The van der Waals surface area contributed by atoms with Gasteiger partial charge >= 0.3 is 0 Å². The topological polar surface area (TPSA) is 155 Å². The molecule has 0 spiro atoms. The van der Waals surface area contributed by atoms with Gasteiger partial charge in [0.2, 0.25) is 17.8 Å². The van der Waals surface area contributed by atoms with E-state index in [9.17, 15) is 14.7 Å². The molecule has 4 heterocycles. The third-order valence-corrected chi connectivity index (χ3v) is 8.45. The summed E-state index contributed by atoms with van der Waals surface area (Å²) in [6, 6.07) is 8.62. The van der Waals surface area contributed by atoms with Crippen LogP contribution in [0.1, 0.15) is 58.6 Å². The van der Waals surface area contributed by atoms with E-state index in [1.807, 2.05) is 11.0 Å². The van der Waals surface area contributed by atoms with Crippen LogP contribution in [-0.2, 0) is 24.4 Å². The molecule has 2 aliphatic heterocycles. The molecule has 0 atom stereocenters. The zero-order valence-electron chi connectivity index (χ0n) is 24.0. The standard InChI is InChI=1S/C31H32FN9O3/c32-24-13-20(18-6-7-18)12-19-8-11-41(29(44)27(19)24)25-5-3-4-22(23(25)17-42)28-36-30(33)38-31(37-28)35-21-14-34-40(15-21)16-26(43)39-9-1-2-10-39/h3-5,12-15,18,42H,1-2,6-11,16-17H2,(H3,33,35,36,37,38). The second-order valence-corrected chi connectivity index (χ2v) is 11.5. The Morgan fingerprint density at radius 3 is 2.70 bits per heavy atom. The highest BCUT2D eigenvalue weighted by molar-refractivity contribution is 6.09. The van der Waals surface area contributed by atoms with E-state index in [1.165, 1.54) is 11.0 Å². The van der Waals surface area contributed by atoms with Gasteiger partial charge in [0.05, 0.1) is 29.7 Å². The second kappa shape index (κ2) is 11.3. The molecule has 2 fully saturated rings. The zero-order valence-corrected chi connectivity index (χ0v) is 24.0. The van der Waals surface area contributed by atoms with Crippen LogP contribution >= 0.6 is 0 Å². The van der Waals surface area contributed by atoms with Crippen molar-refractivity contribution >= 4 is 35.1 Å². The summed E-state index contributed by atoms with van der Waals surface area (Å²) in [5, 5.41) is 17.8. The molecule has 7 rings (SSSR count). The summed E-state index contributed by atoms with van der Waals surface area (Å²) >= 11 is 0. The Hall–Kier alpha value is -4.91. The minimum Gasteiger partial charge on any atom is -0.392 e. The number of aromatic nitrogens is 5. The molecule has 2 aromatic carbocycles. The minimum absolute atomic E-state index is 0.0154. The predicted molar refractivity (Wildman–Crippen MR) is 161 cm³/mol. The molecule has 12 nitrogen and oxygen atoms in total. The van der Waals surface area contributed by atoms with Crippen LogP contribution in [0.2, 0.25) is 0 Å². The Bertz CT molecular complexity index is 1760. The van der Waals surface area contributed by atoms with Gasteiger partial charge in [-0.25, -0.2) is 4.39 Å². The summed E-state index contributed by atoms with van der Waals surface area (Å²) in [4.78, 5) is 42.5. The molecule has 4 aromatic rings. The summed E-state index contributed by atoms with van der Waals surface area (Å²) in [7, 11) is 0. The highest BCUT2D eigenvalue weighted by atomic mass is 19.1. The van der Waals surface area contributed by atoms with Crippen molar-refractivity contribution in [3.05, 3.63) is 70.8 Å². The van der Waals surface area contributed by atoms with Gasteiger partial charge in [0.15, 0.2) is 5.82 Å². The molecule has 0 unspecified atom stereocenters. The van der Waals surface area contributed by atoms with Crippen molar-refractivity contribution in [3.8, 4) is 11.4 Å². The first-order valence-corrected chi connectivity index (χ1v) is 14.8. The van der Waals surface area contributed by atoms with E-state index in [4.69, 9.17) is 5.73 Å². The van der Waals surface area contributed by atoms with Crippen LogP contribution in [0.3, 0.4) is 0 Å². The number of carbonyl (C=O) groups is 2. The molecule has 2 aromatic heterocycles. The number of hydrogen-bond acceptors (Lipinski definition) is 9. The SMILES string of the molecule is Nc1nc(Nc2cnn(CC(=O)N3CCCC3)c2)nc(-c2cccc(N3CCc4cc(C5CC5)cc(F)c4C3=O)c2CO)n1. The van der Waals surface area contributed by atoms with Gasteiger partial charge in [0, 0.05) is 37.0 Å². The Kier molecular flexibility index (Phi) is 7.17. The van der Waals surface area contributed by atoms with E-state index < -0.39 is 18.3 Å². The third kappa shape index (κ3) is 5.34. The van der Waals surface area contributed by atoms with Crippen LogP contribution < -0.4 is 16.0 Å². The lowest BCUT2D eigenvalue weighted by Gasteiger charge is -2.31. The molecule has 1 saturated heterocycles. The molecule has 2 amide bonds. The average Bonchev–Trinajstić information content (AvgIpc) is 3.53. The number of halogens is 1. The van der Waals surface area contributed by atoms with Crippen LogP contribution in [0.4, 0.5) is 27.7 Å². The molecule has 1 aliphatic carbocycles. The highest BCUT2D eigenvalue weighted by Crippen LogP contribution is 2.42. The summed E-state index contributed by atoms with van der Waals surface area (Å²) in [5.41, 5.74) is 9.67. The molecule has 1 saturated carbocycles. The van der Waals surface area contributed by atoms with E-state index in [0.29, 0.717) is 41.4 Å². The van der Waals surface area contributed by atoms with E-state index in [0.717, 1.165) is 49.9 Å². The summed E-state index contributed by atoms with van der Waals surface area (Å²) in [5.74, 6) is -0.285. The van der Waals surface area contributed by atoms with Crippen molar-refractivity contribution in [2.24, 2.45) is 0 Å². The van der Waals surface area contributed by atoms with Crippen molar-refractivity contribution in [2.45, 2.75) is 51.2 Å². The number of anilines is 4. The molecule has 0 bridgehead atoms. The van der Waals surface area contributed by atoms with Crippen molar-refractivity contribution in [3.63, 3.8) is 0 Å². The van der Waals surface area contributed by atoms with Gasteiger partial charge in [-0.05, 0) is 61.3 Å². The lowest BCUT2D eigenvalue weighted by molar-refractivity contribution is -0.130. The van der Waals surface area contributed by atoms with Crippen LogP contribution in [0, 0.1) is 5.82 Å². The van der Waals surface area contributed by atoms with E-state index in [1.54, 1.807) is 35.3 Å². The quantitative estimate of drug-likeness (QED) is 0.277. The monoisotopic (exact) mass is 597 g/mol. The molecule has 0 radical (unpaired) electrons. The molecule has 3 aliphatic rings. The van der Waals surface area contributed by atoms with Crippen molar-refractivity contribution in [2.75, 3.05) is 35.6 Å². The number of fused-ring (bicyclic) bond motifs is 1. The molecule has 44 heavy (non-hydrogen) atoms. The van der Waals surface area contributed by atoms with E-state index in [-0.39, 0.29) is 35.7 Å². The Morgan fingerprint density at radius 1 is 1.11 bits per heavy atom. The van der Waals surface area contributed by atoms with Gasteiger partial charge in [0.1, 0.15) is 12.4 Å². The number of carbonyl (C=O) groups excluding carboxylic acids is 2. The lowest BCUT2D eigenvalue weighted by Crippen LogP contribution is -2.39. The molecule has 4 N–H and O–H groups in total. The number of nitrogens with two attached hydrogens (primary N) is 1. The number of nitrogen functional groups attached to an aromatic ring is 1. The first-order valence-electron chi connectivity index (χ1n) is 14.8. The van der Waals surface area contributed by atoms with Crippen molar-refractivity contribution in [1.29, 1.82) is 0 Å². The Balaban J connectivity index is 1.14. The van der Waals surface area contributed by atoms with Crippen LogP contribution in [0.25, 0.3) is 11.4 Å². The summed E-state index contributed by atoms with van der Waals surface area (Å²) < 4.78 is 16.8. The number of nitrogens with zero attached hydrogens (tertiary/aromatic N) is 7. The molecular formula is C31H32FN9O3. The van der Waals surface area contributed by atoms with Gasteiger partial charge in [0.25, 0.3) is 5.91 Å². The molecule has 13 heteroatoms. The third-order valence-electron chi connectivity index (χ3n) is 8.45. The lowest BCUT2D eigenvalue weighted by atomic mass is 9.93. The number of likely N-dealkylation sites (tertiary alicyclic amines) is 1. The maximum absolute atomic E-state index is 15.2. The summed E-state index contributed by atoms with van der Waals surface area (Å²) in [6.45, 7) is 1.59. The van der Waals surface area contributed by atoms with Gasteiger partial charge in [-0.2, -0.15) is 20.1 Å². The van der Waals surface area contributed by atoms with Gasteiger partial charge in [-0.15, -0.1) is 0 Å². The fraction of sp³-hybridized carbons (Fsp3) is 0.355. The van der Waals surface area contributed by atoms with Gasteiger partial charge in [-0.1, -0.05) is 18.2 Å². The average molecular weight is 598 g/mol. The van der Waals surface area contributed by atoms with Crippen LogP contribution in [0.15, 0.2) is 42.7 Å². The number of rotatable bonds is 8. The molecular weight excluding hydrogens is 565 g/mol. The maximum atomic E-state index is 15.2. The first kappa shape index (κ1) is 27.9. The molecule has 226 valence electrons. The van der Waals surface area contributed by atoms with Crippen molar-refractivity contribution in [1.82, 2.24) is 29.6 Å². The summed E-state index contributed by atoms with van der Waals surface area (Å²) in [6.07, 6.45) is 7.87. The van der Waals surface area contributed by atoms with Crippen LogP contribution in [0.5, 0.6) is 0 Å². The van der Waals surface area contributed by atoms with Crippen molar-refractivity contribution < 1.29 is 19.1 Å². The van der Waals surface area contributed by atoms with Crippen LogP contribution in [-0.4, -0.2) is 66.2 Å². The van der Waals surface area contributed by atoms with Gasteiger partial charge in [-0.3, -0.25) is 14.3 Å². The zero-order chi connectivity index (χ0) is 30.4. The second-order valence-electron chi connectivity index (χ2n) is 11.5. The normalized spacial score (nSPS) is 16.4. The predicted octanol–water partition coefficient (Wildman–Crippen LogP) is 3.40. The van der Waals surface area contributed by atoms with Gasteiger partial charge < -0.3 is 26.0 Å².